The average molecular weight is 312 g/mol. The molecule has 2 aromatic rings. The van der Waals surface area contributed by atoms with E-state index in [9.17, 15) is 9.90 Å². The van der Waals surface area contributed by atoms with Crippen LogP contribution < -0.4 is 0 Å². The lowest BCUT2D eigenvalue weighted by Gasteiger charge is -2.31. The molecule has 1 saturated heterocycles. The van der Waals surface area contributed by atoms with Crippen LogP contribution in [0.15, 0.2) is 30.3 Å². The van der Waals surface area contributed by atoms with E-state index in [4.69, 9.17) is 0 Å². The van der Waals surface area contributed by atoms with E-state index < -0.39 is 0 Å². The van der Waals surface area contributed by atoms with Gasteiger partial charge in [-0.15, -0.1) is 0 Å². The van der Waals surface area contributed by atoms with Gasteiger partial charge in [-0.05, 0) is 36.8 Å². The zero-order valence-corrected chi connectivity index (χ0v) is 13.8. The first-order chi connectivity index (χ1) is 11.1. The lowest BCUT2D eigenvalue weighted by molar-refractivity contribution is 0.0652. The Labute approximate surface area is 137 Å². The summed E-state index contributed by atoms with van der Waals surface area (Å²) in [5, 5.41) is 10.2. The number of carbonyl (C=O) groups is 1. The molecule has 0 saturated carbocycles. The van der Waals surface area contributed by atoms with Crippen molar-refractivity contribution >= 4 is 16.8 Å². The van der Waals surface area contributed by atoms with Gasteiger partial charge >= 0.3 is 0 Å². The molecule has 0 radical (unpaired) electrons. The predicted octanol–water partition coefficient (Wildman–Crippen LogP) is 3.20. The van der Waals surface area contributed by atoms with Gasteiger partial charge in [0.2, 0.25) is 0 Å². The summed E-state index contributed by atoms with van der Waals surface area (Å²) in [6.45, 7) is 5.85. The summed E-state index contributed by atoms with van der Waals surface area (Å²) in [6, 6.07) is 9.80. The van der Waals surface area contributed by atoms with Gasteiger partial charge in [0.1, 0.15) is 0 Å². The largest absolute Gasteiger partial charge is 0.396 e. The second-order valence-electron chi connectivity index (χ2n) is 6.68. The number of amides is 1. The van der Waals surface area contributed by atoms with Crippen LogP contribution in [-0.2, 0) is 0 Å². The van der Waals surface area contributed by atoms with Crippen LogP contribution in [0.25, 0.3) is 10.9 Å². The van der Waals surface area contributed by atoms with Crippen LogP contribution in [0, 0.1) is 5.92 Å². The summed E-state index contributed by atoms with van der Waals surface area (Å²) in [5.41, 5.74) is 2.59. The van der Waals surface area contributed by atoms with Gasteiger partial charge in [-0.25, -0.2) is 0 Å². The third-order valence-corrected chi connectivity index (χ3v) is 4.72. The fraction of sp³-hybridized carbons (Fsp3) is 0.474. The van der Waals surface area contributed by atoms with Crippen LogP contribution in [0.1, 0.15) is 48.7 Å². The van der Waals surface area contributed by atoms with Gasteiger partial charge < -0.3 is 10.0 Å². The first kappa shape index (κ1) is 15.9. The third-order valence-electron chi connectivity index (χ3n) is 4.72. The van der Waals surface area contributed by atoms with Gasteiger partial charge in [0.05, 0.1) is 11.1 Å². The second-order valence-corrected chi connectivity index (χ2v) is 6.68. The number of pyridine rings is 1. The fourth-order valence-electron chi connectivity index (χ4n) is 3.16. The molecule has 0 bridgehead atoms. The lowest BCUT2D eigenvalue weighted by Crippen LogP contribution is -2.39. The van der Waals surface area contributed by atoms with E-state index >= 15 is 0 Å². The normalized spacial score (nSPS) is 16.3. The topological polar surface area (TPSA) is 53.4 Å². The highest BCUT2D eigenvalue weighted by molar-refractivity contribution is 6.06. The smallest absolute Gasteiger partial charge is 0.254 e. The van der Waals surface area contributed by atoms with Crippen LogP contribution >= 0.6 is 0 Å². The molecular weight excluding hydrogens is 288 g/mol. The van der Waals surface area contributed by atoms with Crippen molar-refractivity contribution in [2.45, 2.75) is 32.6 Å². The number of nitrogens with zero attached hydrogens (tertiary/aromatic N) is 2. The Morgan fingerprint density at radius 3 is 2.65 bits per heavy atom. The minimum absolute atomic E-state index is 0.0851. The number of fused-ring (bicyclic) bond motifs is 1. The van der Waals surface area contributed by atoms with Gasteiger partial charge in [0.25, 0.3) is 5.91 Å². The molecule has 23 heavy (non-hydrogen) atoms. The first-order valence-electron chi connectivity index (χ1n) is 8.40. The monoisotopic (exact) mass is 312 g/mol. The molecule has 0 aliphatic carbocycles. The molecule has 122 valence electrons. The van der Waals surface area contributed by atoms with E-state index in [0.717, 1.165) is 48.1 Å². The summed E-state index contributed by atoms with van der Waals surface area (Å²) >= 11 is 0. The standard InChI is InChI=1S/C19H24N2O2/c1-13(2)18-11-16(15-5-3-4-6-17(15)20-18)19(23)21-9-7-14(12-22)8-10-21/h3-6,11,13-14,22H,7-10,12H2,1-2H3. The van der Waals surface area contributed by atoms with Crippen molar-refractivity contribution < 1.29 is 9.90 Å². The van der Waals surface area contributed by atoms with Gasteiger partial charge in [-0.2, -0.15) is 0 Å². The molecule has 4 heteroatoms. The molecule has 1 aliphatic heterocycles. The number of piperidine rings is 1. The molecule has 1 aromatic heterocycles. The van der Waals surface area contributed by atoms with Crippen LogP contribution in [0.2, 0.25) is 0 Å². The van der Waals surface area contributed by atoms with Gasteiger partial charge in [0.15, 0.2) is 0 Å². The highest BCUT2D eigenvalue weighted by Crippen LogP contribution is 2.25. The van der Waals surface area contributed by atoms with E-state index in [2.05, 4.69) is 18.8 Å². The van der Waals surface area contributed by atoms with Crippen LogP contribution in [0.3, 0.4) is 0 Å². The van der Waals surface area contributed by atoms with Crippen molar-refractivity contribution in [1.29, 1.82) is 0 Å². The maximum absolute atomic E-state index is 13.0. The molecule has 2 heterocycles. The van der Waals surface area contributed by atoms with Crippen molar-refractivity contribution in [1.82, 2.24) is 9.88 Å². The Bertz CT molecular complexity index is 704. The minimum atomic E-state index is 0.0851. The van der Waals surface area contributed by atoms with Crippen molar-refractivity contribution in [3.8, 4) is 0 Å². The molecule has 1 aliphatic rings. The minimum Gasteiger partial charge on any atom is -0.396 e. The molecule has 4 nitrogen and oxygen atoms in total. The fourth-order valence-corrected chi connectivity index (χ4v) is 3.16. The van der Waals surface area contributed by atoms with E-state index in [-0.39, 0.29) is 18.4 Å². The van der Waals surface area contributed by atoms with E-state index in [1.165, 1.54) is 0 Å². The highest BCUT2D eigenvalue weighted by atomic mass is 16.3. The van der Waals surface area contributed by atoms with Crippen molar-refractivity contribution in [2.75, 3.05) is 19.7 Å². The van der Waals surface area contributed by atoms with Gasteiger partial charge in [-0.3, -0.25) is 9.78 Å². The lowest BCUT2D eigenvalue weighted by atomic mass is 9.96. The van der Waals surface area contributed by atoms with Crippen LogP contribution in [0.4, 0.5) is 0 Å². The zero-order valence-electron chi connectivity index (χ0n) is 13.8. The molecule has 0 spiro atoms. The Kier molecular flexibility index (Phi) is 4.62. The zero-order chi connectivity index (χ0) is 16.4. The highest BCUT2D eigenvalue weighted by Gasteiger charge is 2.25. The summed E-state index contributed by atoms with van der Waals surface area (Å²) < 4.78 is 0. The van der Waals surface area contributed by atoms with Crippen LogP contribution in [-0.4, -0.2) is 40.6 Å². The molecule has 1 fully saturated rings. The average Bonchev–Trinajstić information content (AvgIpc) is 2.60. The van der Waals surface area contributed by atoms with E-state index in [1.807, 2.05) is 35.2 Å². The molecule has 0 atom stereocenters. The Morgan fingerprint density at radius 1 is 1.30 bits per heavy atom. The predicted molar refractivity (Wildman–Crippen MR) is 91.5 cm³/mol. The number of aliphatic hydroxyl groups excluding tert-OH is 1. The second kappa shape index (κ2) is 6.67. The number of hydrogen-bond acceptors (Lipinski definition) is 3. The number of rotatable bonds is 3. The van der Waals surface area contributed by atoms with Crippen molar-refractivity contribution in [2.24, 2.45) is 5.92 Å². The number of aliphatic hydroxyl groups is 1. The SMILES string of the molecule is CC(C)c1cc(C(=O)N2CCC(CO)CC2)c2ccccc2n1. The third kappa shape index (κ3) is 3.22. The van der Waals surface area contributed by atoms with Crippen molar-refractivity contribution in [3.05, 3.63) is 41.6 Å². The maximum atomic E-state index is 13.0. The summed E-state index contributed by atoms with van der Waals surface area (Å²) in [4.78, 5) is 19.6. The molecule has 0 unspecified atom stereocenters. The first-order valence-corrected chi connectivity index (χ1v) is 8.40. The molecule has 1 N–H and O–H groups in total. The molecule has 1 aromatic carbocycles. The van der Waals surface area contributed by atoms with E-state index in [0.29, 0.717) is 5.92 Å². The number of aromatic nitrogens is 1. The number of para-hydroxylation sites is 1. The number of likely N-dealkylation sites (tertiary alicyclic amines) is 1. The van der Waals surface area contributed by atoms with E-state index in [1.54, 1.807) is 0 Å². The van der Waals surface area contributed by atoms with Crippen molar-refractivity contribution in [3.63, 3.8) is 0 Å². The molecular formula is C19H24N2O2. The van der Waals surface area contributed by atoms with Gasteiger partial charge in [-0.1, -0.05) is 32.0 Å². The molecule has 3 rings (SSSR count). The van der Waals surface area contributed by atoms with Gasteiger partial charge in [0, 0.05) is 30.8 Å². The summed E-state index contributed by atoms with van der Waals surface area (Å²) in [6.07, 6.45) is 1.75. The summed E-state index contributed by atoms with van der Waals surface area (Å²) in [7, 11) is 0. The number of benzene rings is 1. The number of hydrogen-bond donors (Lipinski definition) is 1. The quantitative estimate of drug-likeness (QED) is 0.947. The Balaban J connectivity index is 1.96. The van der Waals surface area contributed by atoms with Crippen LogP contribution in [0.5, 0.6) is 0 Å². The Morgan fingerprint density at radius 2 is 2.00 bits per heavy atom. The molecule has 1 amide bonds. The summed E-state index contributed by atoms with van der Waals surface area (Å²) in [5.74, 6) is 0.702. The maximum Gasteiger partial charge on any atom is 0.254 e. The Hall–Kier alpha value is -1.94. The number of carbonyl (C=O) groups excluding carboxylic acids is 1.